The zero-order valence-electron chi connectivity index (χ0n) is 16.7. The minimum atomic E-state index is -0.333. The van der Waals surface area contributed by atoms with Crippen LogP contribution in [0.4, 0.5) is 10.1 Å². The van der Waals surface area contributed by atoms with E-state index in [1.54, 1.807) is 0 Å². The molecule has 5 nitrogen and oxygen atoms in total. The van der Waals surface area contributed by atoms with Gasteiger partial charge in [0.2, 0.25) is 0 Å². The number of anilines is 1. The normalized spacial score (nSPS) is 14.9. The maximum Gasteiger partial charge on any atom is 0.340 e. The molecule has 1 N–H and O–H groups in total. The number of para-hydroxylation sites is 1. The molecule has 0 radical (unpaired) electrons. The number of hydrogen-bond acceptors (Lipinski definition) is 4. The summed E-state index contributed by atoms with van der Waals surface area (Å²) in [5, 5.41) is 0.979. The van der Waals surface area contributed by atoms with E-state index in [0.29, 0.717) is 12.1 Å². The number of carbonyl (C=O) groups is 1. The summed E-state index contributed by atoms with van der Waals surface area (Å²) in [6, 6.07) is 14.5. The molecule has 0 spiro atoms. The van der Waals surface area contributed by atoms with E-state index in [4.69, 9.17) is 9.72 Å². The molecule has 0 saturated carbocycles. The van der Waals surface area contributed by atoms with Gasteiger partial charge in [0.05, 0.1) is 44.4 Å². The van der Waals surface area contributed by atoms with Gasteiger partial charge in [-0.1, -0.05) is 18.2 Å². The molecule has 0 unspecified atom stereocenters. The van der Waals surface area contributed by atoms with Crippen molar-refractivity contribution in [3.05, 3.63) is 71.2 Å². The van der Waals surface area contributed by atoms with Crippen LogP contribution in [0.25, 0.3) is 10.9 Å². The molecule has 1 aliphatic heterocycles. The van der Waals surface area contributed by atoms with Crippen LogP contribution in [0.2, 0.25) is 0 Å². The van der Waals surface area contributed by atoms with Gasteiger partial charge >= 0.3 is 5.97 Å². The maximum absolute atomic E-state index is 13.2. The number of piperazine rings is 1. The lowest BCUT2D eigenvalue weighted by Crippen LogP contribution is -3.13. The largest absolute Gasteiger partial charge is 0.465 e. The van der Waals surface area contributed by atoms with Gasteiger partial charge in [-0.3, -0.25) is 0 Å². The fourth-order valence-corrected chi connectivity index (χ4v) is 4.09. The van der Waals surface area contributed by atoms with Crippen molar-refractivity contribution in [2.75, 3.05) is 38.2 Å². The van der Waals surface area contributed by atoms with Gasteiger partial charge in [-0.05, 0) is 42.8 Å². The minimum absolute atomic E-state index is 0.217. The van der Waals surface area contributed by atoms with Crippen molar-refractivity contribution in [2.24, 2.45) is 0 Å². The Morgan fingerprint density at radius 3 is 2.52 bits per heavy atom. The number of aromatic nitrogens is 1. The van der Waals surface area contributed by atoms with E-state index in [1.165, 1.54) is 24.1 Å². The predicted octanol–water partition coefficient (Wildman–Crippen LogP) is 2.37. The molecule has 0 amide bonds. The van der Waals surface area contributed by atoms with Crippen molar-refractivity contribution in [3.8, 4) is 0 Å². The molecular weight excluding hydrogens is 369 g/mol. The van der Waals surface area contributed by atoms with Gasteiger partial charge in [0, 0.05) is 11.1 Å². The molecule has 3 aromatic rings. The fourth-order valence-electron chi connectivity index (χ4n) is 4.09. The third kappa shape index (κ3) is 3.93. The maximum atomic E-state index is 13.2. The number of ether oxygens (including phenoxy) is 1. The molecule has 0 aliphatic carbocycles. The first-order valence-corrected chi connectivity index (χ1v) is 9.87. The Kier molecular flexibility index (Phi) is 5.45. The highest BCUT2D eigenvalue weighted by Gasteiger charge is 2.25. The van der Waals surface area contributed by atoms with E-state index >= 15 is 0 Å². The number of nitrogens with one attached hydrogen (secondary N) is 1. The van der Waals surface area contributed by atoms with Gasteiger partial charge in [0.25, 0.3) is 0 Å². The smallest absolute Gasteiger partial charge is 0.340 e. The number of methoxy groups -OCH3 is 1. The molecular formula is C23H25FN3O2+. The second-order valence-electron chi connectivity index (χ2n) is 7.46. The second-order valence-corrected chi connectivity index (χ2v) is 7.46. The summed E-state index contributed by atoms with van der Waals surface area (Å²) >= 11 is 0. The average molecular weight is 394 g/mol. The Morgan fingerprint density at radius 1 is 1.14 bits per heavy atom. The molecule has 6 heteroatoms. The van der Waals surface area contributed by atoms with E-state index in [0.717, 1.165) is 54.0 Å². The molecule has 1 aromatic heterocycles. The summed E-state index contributed by atoms with van der Waals surface area (Å²) in [5.74, 6) is -0.550. The molecule has 1 aliphatic rings. The highest BCUT2D eigenvalue weighted by atomic mass is 19.1. The number of aryl methyl sites for hydroxylation is 1. The number of quaternary nitrogens is 1. The van der Waals surface area contributed by atoms with Crippen LogP contribution < -0.4 is 9.80 Å². The van der Waals surface area contributed by atoms with Crippen LogP contribution in [0, 0.1) is 12.7 Å². The first-order chi connectivity index (χ1) is 14.1. The average Bonchev–Trinajstić information content (AvgIpc) is 2.75. The van der Waals surface area contributed by atoms with Gasteiger partial charge in [-0.15, -0.1) is 0 Å². The Hall–Kier alpha value is -2.99. The Morgan fingerprint density at radius 2 is 1.83 bits per heavy atom. The lowest BCUT2D eigenvalue weighted by Gasteiger charge is -2.33. The second kappa shape index (κ2) is 8.17. The molecule has 1 saturated heterocycles. The topological polar surface area (TPSA) is 46.9 Å². The fraction of sp³-hybridized carbons (Fsp3) is 0.304. The minimum Gasteiger partial charge on any atom is -0.465 e. The summed E-state index contributed by atoms with van der Waals surface area (Å²) in [6.07, 6.45) is 0. The standard InChI is InChI=1S/C23H24FN3O2/c1-16-19-5-3-4-6-20(19)25-21(22(16)23(28)29-2)15-26-11-13-27(14-12-26)18-9-7-17(24)8-10-18/h3-10H,11-15H2,1-2H3/p+1. The van der Waals surface area contributed by atoms with E-state index in [2.05, 4.69) is 4.90 Å². The van der Waals surface area contributed by atoms with Gasteiger partial charge in [-0.2, -0.15) is 0 Å². The summed E-state index contributed by atoms with van der Waals surface area (Å²) in [4.78, 5) is 20.9. The van der Waals surface area contributed by atoms with Crippen molar-refractivity contribution in [1.82, 2.24) is 4.98 Å². The van der Waals surface area contributed by atoms with E-state index in [9.17, 15) is 9.18 Å². The van der Waals surface area contributed by atoms with E-state index < -0.39 is 0 Å². The summed E-state index contributed by atoms with van der Waals surface area (Å²) < 4.78 is 18.2. The zero-order valence-corrected chi connectivity index (χ0v) is 16.7. The number of nitrogens with zero attached hydrogens (tertiary/aromatic N) is 2. The summed E-state index contributed by atoms with van der Waals surface area (Å²) in [5.41, 5.74) is 4.23. The molecule has 0 atom stereocenters. The van der Waals surface area contributed by atoms with Crippen LogP contribution >= 0.6 is 0 Å². The van der Waals surface area contributed by atoms with Crippen LogP contribution in [0.3, 0.4) is 0 Å². The van der Waals surface area contributed by atoms with Gasteiger partial charge < -0.3 is 14.5 Å². The van der Waals surface area contributed by atoms with Crippen LogP contribution in [0.5, 0.6) is 0 Å². The lowest BCUT2D eigenvalue weighted by atomic mass is 10.0. The van der Waals surface area contributed by atoms with Gasteiger partial charge in [0.1, 0.15) is 18.1 Å². The number of fused-ring (bicyclic) bond motifs is 1. The SMILES string of the molecule is COC(=O)c1c(C[NH+]2CCN(c3ccc(F)cc3)CC2)nc2ccccc2c1C. The molecule has 150 valence electrons. The Labute approximate surface area is 169 Å². The number of carbonyl (C=O) groups excluding carboxylic acids is 1. The van der Waals surface area contributed by atoms with E-state index in [-0.39, 0.29) is 11.8 Å². The van der Waals surface area contributed by atoms with Crippen molar-refractivity contribution in [3.63, 3.8) is 0 Å². The van der Waals surface area contributed by atoms with Crippen molar-refractivity contribution >= 4 is 22.6 Å². The molecule has 29 heavy (non-hydrogen) atoms. The zero-order chi connectivity index (χ0) is 20.4. The van der Waals surface area contributed by atoms with Crippen LogP contribution in [0.15, 0.2) is 48.5 Å². The van der Waals surface area contributed by atoms with Crippen LogP contribution in [0.1, 0.15) is 21.6 Å². The van der Waals surface area contributed by atoms with Gasteiger partial charge in [-0.25, -0.2) is 14.2 Å². The van der Waals surface area contributed by atoms with Crippen molar-refractivity contribution < 1.29 is 18.8 Å². The monoisotopic (exact) mass is 394 g/mol. The molecule has 2 aromatic carbocycles. The predicted molar refractivity (Wildman–Crippen MR) is 111 cm³/mol. The summed E-state index contributed by atoms with van der Waals surface area (Å²) in [7, 11) is 1.41. The van der Waals surface area contributed by atoms with E-state index in [1.807, 2.05) is 43.3 Å². The Bertz CT molecular complexity index is 1030. The quantitative estimate of drug-likeness (QED) is 0.691. The third-order valence-electron chi connectivity index (χ3n) is 5.70. The van der Waals surface area contributed by atoms with Crippen molar-refractivity contribution in [2.45, 2.75) is 13.5 Å². The number of rotatable bonds is 4. The molecule has 4 rings (SSSR count). The number of hydrogen-bond donors (Lipinski definition) is 1. The lowest BCUT2D eigenvalue weighted by molar-refractivity contribution is -0.914. The highest BCUT2D eigenvalue weighted by molar-refractivity contribution is 5.98. The first kappa shape index (κ1) is 19.3. The molecule has 2 heterocycles. The van der Waals surface area contributed by atoms with Crippen LogP contribution in [-0.2, 0) is 11.3 Å². The van der Waals surface area contributed by atoms with Crippen molar-refractivity contribution in [1.29, 1.82) is 0 Å². The third-order valence-corrected chi connectivity index (χ3v) is 5.70. The number of pyridine rings is 1. The highest BCUT2D eigenvalue weighted by Crippen LogP contribution is 2.23. The number of benzene rings is 2. The molecule has 0 bridgehead atoms. The number of halogens is 1. The molecule has 1 fully saturated rings. The van der Waals surface area contributed by atoms with Crippen LogP contribution in [-0.4, -0.2) is 44.2 Å². The van der Waals surface area contributed by atoms with Gasteiger partial charge in [0.15, 0.2) is 0 Å². The number of esters is 1. The summed E-state index contributed by atoms with van der Waals surface area (Å²) in [6.45, 7) is 6.23. The Balaban J connectivity index is 1.55. The first-order valence-electron chi connectivity index (χ1n) is 9.87.